The van der Waals surface area contributed by atoms with Crippen LogP contribution in [0.15, 0.2) is 30.5 Å². The second kappa shape index (κ2) is 11.2. The van der Waals surface area contributed by atoms with E-state index in [1.807, 2.05) is 12.1 Å². The zero-order chi connectivity index (χ0) is 19.6. The van der Waals surface area contributed by atoms with Gasteiger partial charge >= 0.3 is 5.97 Å². The summed E-state index contributed by atoms with van der Waals surface area (Å²) in [6.45, 7) is 9.12. The maximum atomic E-state index is 12.7. The highest BCUT2D eigenvalue weighted by molar-refractivity contribution is 5.86. The fourth-order valence-electron chi connectivity index (χ4n) is 3.79. The summed E-state index contributed by atoms with van der Waals surface area (Å²) in [7, 11) is 0. The van der Waals surface area contributed by atoms with Crippen LogP contribution in [0.1, 0.15) is 83.7 Å². The molecule has 1 aromatic carbocycles. The highest BCUT2D eigenvalue weighted by atomic mass is 16.5. The van der Waals surface area contributed by atoms with Crippen LogP contribution in [0.4, 0.5) is 0 Å². The third kappa shape index (κ3) is 6.12. The number of esters is 1. The second-order valence-corrected chi connectivity index (χ2v) is 7.95. The number of fused-ring (bicyclic) bond motifs is 1. The average molecular weight is 372 g/mol. The summed E-state index contributed by atoms with van der Waals surface area (Å²) in [6, 6.07) is 8.02. The molecule has 2 rings (SSSR count). The van der Waals surface area contributed by atoms with E-state index in [1.165, 1.54) is 49.5 Å². The fraction of sp³-hybridized carbons (Fsp3) is 0.625. The summed E-state index contributed by atoms with van der Waals surface area (Å²) >= 11 is 0. The summed E-state index contributed by atoms with van der Waals surface area (Å²) in [5.74, 6) is 0.328. The molecular formula is C24H37NO2. The quantitative estimate of drug-likeness (QED) is 0.302. The second-order valence-electron chi connectivity index (χ2n) is 7.95. The predicted octanol–water partition coefficient (Wildman–Crippen LogP) is 6.83. The first-order valence-electron chi connectivity index (χ1n) is 10.8. The normalized spacial score (nSPS) is 13.6. The number of carbonyl (C=O) groups excluding carboxylic acids is 1. The number of unbranched alkanes of at least 4 members (excludes halogenated alkanes) is 5. The Balaban J connectivity index is 1.84. The Morgan fingerprint density at radius 2 is 1.78 bits per heavy atom. The maximum Gasteiger partial charge on any atom is 0.329 e. The zero-order valence-electron chi connectivity index (χ0n) is 17.7. The lowest BCUT2D eigenvalue weighted by Crippen LogP contribution is -2.23. The van der Waals surface area contributed by atoms with Crippen molar-refractivity contribution in [2.75, 3.05) is 6.61 Å². The Morgan fingerprint density at radius 3 is 2.52 bits per heavy atom. The Labute approximate surface area is 165 Å². The molecule has 3 nitrogen and oxygen atoms in total. The van der Waals surface area contributed by atoms with Crippen LogP contribution in [0.2, 0.25) is 0 Å². The Morgan fingerprint density at radius 1 is 1.07 bits per heavy atom. The summed E-state index contributed by atoms with van der Waals surface area (Å²) in [5.41, 5.74) is 2.31. The van der Waals surface area contributed by atoms with Crippen molar-refractivity contribution in [1.82, 2.24) is 4.57 Å². The predicted molar refractivity (Wildman–Crippen MR) is 114 cm³/mol. The van der Waals surface area contributed by atoms with Crippen molar-refractivity contribution < 1.29 is 9.53 Å². The van der Waals surface area contributed by atoms with E-state index in [2.05, 4.69) is 50.6 Å². The van der Waals surface area contributed by atoms with Crippen LogP contribution in [-0.2, 0) is 9.53 Å². The van der Waals surface area contributed by atoms with Crippen molar-refractivity contribution in [2.24, 2.45) is 5.92 Å². The highest BCUT2D eigenvalue weighted by Gasteiger charge is 2.22. The van der Waals surface area contributed by atoms with Crippen LogP contribution in [0.25, 0.3) is 10.9 Å². The van der Waals surface area contributed by atoms with Gasteiger partial charge in [0.2, 0.25) is 0 Å². The lowest BCUT2D eigenvalue weighted by molar-refractivity contribution is -0.149. The van der Waals surface area contributed by atoms with Crippen molar-refractivity contribution in [2.45, 2.75) is 85.1 Å². The molecule has 0 spiro atoms. The first-order valence-corrected chi connectivity index (χ1v) is 10.8. The third-order valence-corrected chi connectivity index (χ3v) is 5.49. The number of hydrogen-bond donors (Lipinski definition) is 0. The molecule has 0 saturated carbocycles. The summed E-state index contributed by atoms with van der Waals surface area (Å²) < 4.78 is 7.79. The third-order valence-electron chi connectivity index (χ3n) is 5.49. The van der Waals surface area contributed by atoms with Gasteiger partial charge in [-0.05, 0) is 37.3 Å². The molecule has 0 N–H and O–H groups in total. The van der Waals surface area contributed by atoms with Crippen LogP contribution in [-0.4, -0.2) is 17.1 Å². The van der Waals surface area contributed by atoms with E-state index in [0.717, 1.165) is 18.4 Å². The molecule has 1 aromatic heterocycles. The van der Waals surface area contributed by atoms with Gasteiger partial charge in [-0.2, -0.15) is 0 Å². The Kier molecular flexibility index (Phi) is 8.90. The van der Waals surface area contributed by atoms with E-state index in [-0.39, 0.29) is 12.0 Å². The van der Waals surface area contributed by atoms with Crippen LogP contribution in [0, 0.1) is 12.8 Å². The molecule has 2 aromatic rings. The maximum absolute atomic E-state index is 12.7. The van der Waals surface area contributed by atoms with Crippen LogP contribution in [0.3, 0.4) is 0 Å². The SMILES string of the molecule is CCCCCCCCC(C)COC(=O)C(CC)n1cc(C)c2ccccc21. The summed E-state index contributed by atoms with van der Waals surface area (Å²) in [6.07, 6.45) is 11.8. The van der Waals surface area contributed by atoms with Gasteiger partial charge in [-0.15, -0.1) is 0 Å². The fourth-order valence-corrected chi connectivity index (χ4v) is 3.79. The molecular weight excluding hydrogens is 334 g/mol. The number of ether oxygens (including phenoxy) is 1. The number of para-hydroxylation sites is 1. The molecule has 0 aliphatic heterocycles. The van der Waals surface area contributed by atoms with Crippen molar-refractivity contribution in [1.29, 1.82) is 0 Å². The summed E-state index contributed by atoms with van der Waals surface area (Å²) in [5, 5.41) is 1.21. The van der Waals surface area contributed by atoms with Gasteiger partial charge in [-0.1, -0.05) is 77.5 Å². The molecule has 0 bridgehead atoms. The standard InChI is InChI=1S/C24H37NO2/c1-5-7-8-9-10-11-14-19(3)18-27-24(26)22(6-2)25-17-20(4)21-15-12-13-16-23(21)25/h12-13,15-17,19,22H,5-11,14,18H2,1-4H3. The minimum absolute atomic E-state index is 0.104. The molecule has 150 valence electrons. The van der Waals surface area contributed by atoms with Gasteiger partial charge in [-0.3, -0.25) is 0 Å². The molecule has 0 aliphatic carbocycles. The van der Waals surface area contributed by atoms with Crippen molar-refractivity contribution in [3.63, 3.8) is 0 Å². The van der Waals surface area contributed by atoms with E-state index in [4.69, 9.17) is 4.74 Å². The van der Waals surface area contributed by atoms with E-state index in [9.17, 15) is 4.79 Å². The molecule has 0 amide bonds. The number of carbonyl (C=O) groups is 1. The minimum atomic E-state index is -0.246. The van der Waals surface area contributed by atoms with Crippen LogP contribution < -0.4 is 0 Å². The Bertz CT molecular complexity index is 703. The molecule has 2 unspecified atom stereocenters. The highest BCUT2D eigenvalue weighted by Crippen LogP contribution is 2.26. The Hall–Kier alpha value is -1.77. The van der Waals surface area contributed by atoms with Crippen LogP contribution >= 0.6 is 0 Å². The molecule has 27 heavy (non-hydrogen) atoms. The van der Waals surface area contributed by atoms with Gasteiger partial charge in [0.25, 0.3) is 0 Å². The molecule has 0 aliphatic rings. The van der Waals surface area contributed by atoms with Gasteiger partial charge in [0.15, 0.2) is 0 Å². The minimum Gasteiger partial charge on any atom is -0.464 e. The number of aromatic nitrogens is 1. The van der Waals surface area contributed by atoms with Crippen LogP contribution in [0.5, 0.6) is 0 Å². The van der Waals surface area contributed by atoms with Crippen molar-refractivity contribution in [3.8, 4) is 0 Å². The monoisotopic (exact) mass is 371 g/mol. The molecule has 0 fully saturated rings. The largest absolute Gasteiger partial charge is 0.464 e. The number of rotatable bonds is 12. The van der Waals surface area contributed by atoms with E-state index in [1.54, 1.807) is 0 Å². The van der Waals surface area contributed by atoms with Gasteiger partial charge in [0.1, 0.15) is 6.04 Å². The smallest absolute Gasteiger partial charge is 0.329 e. The van der Waals surface area contributed by atoms with Gasteiger partial charge in [-0.25, -0.2) is 4.79 Å². The lowest BCUT2D eigenvalue weighted by atomic mass is 10.0. The number of nitrogens with zero attached hydrogens (tertiary/aromatic N) is 1. The first kappa shape index (κ1) is 21.5. The molecule has 1 heterocycles. The number of benzene rings is 1. The number of aryl methyl sites for hydroxylation is 1. The van der Waals surface area contributed by atoms with Gasteiger partial charge < -0.3 is 9.30 Å². The molecule has 2 atom stereocenters. The van der Waals surface area contributed by atoms with Gasteiger partial charge in [0, 0.05) is 17.1 Å². The van der Waals surface area contributed by atoms with Gasteiger partial charge in [0.05, 0.1) is 6.61 Å². The lowest BCUT2D eigenvalue weighted by Gasteiger charge is -2.19. The van der Waals surface area contributed by atoms with E-state index in [0.29, 0.717) is 12.5 Å². The first-order chi connectivity index (χ1) is 13.1. The topological polar surface area (TPSA) is 31.2 Å². The zero-order valence-corrected chi connectivity index (χ0v) is 17.7. The van der Waals surface area contributed by atoms with E-state index < -0.39 is 0 Å². The molecule has 0 radical (unpaired) electrons. The summed E-state index contributed by atoms with van der Waals surface area (Å²) in [4.78, 5) is 12.7. The molecule has 0 saturated heterocycles. The molecule has 3 heteroatoms. The number of hydrogen-bond acceptors (Lipinski definition) is 2. The average Bonchev–Trinajstić information content (AvgIpc) is 3.00. The van der Waals surface area contributed by atoms with E-state index >= 15 is 0 Å². The van der Waals surface area contributed by atoms with Crippen molar-refractivity contribution >= 4 is 16.9 Å². The van der Waals surface area contributed by atoms with Crippen molar-refractivity contribution in [3.05, 3.63) is 36.0 Å².